The molecule has 1 N–H and O–H groups in total. The van der Waals surface area contributed by atoms with Gasteiger partial charge in [-0.15, -0.1) is 0 Å². The summed E-state index contributed by atoms with van der Waals surface area (Å²) in [5, 5.41) is 0. The topological polar surface area (TPSA) is 62.1 Å². The van der Waals surface area contributed by atoms with E-state index in [1.807, 2.05) is 12.1 Å². The van der Waals surface area contributed by atoms with Gasteiger partial charge in [0.1, 0.15) is 0 Å². The van der Waals surface area contributed by atoms with Crippen LogP contribution in [0.4, 0.5) is 0 Å². The number of amides is 1. The first-order chi connectivity index (χ1) is 14.0. The number of sulfonamides is 1. The lowest BCUT2D eigenvalue weighted by atomic mass is 10.00. The normalized spacial score (nSPS) is 23.9. The Morgan fingerprint density at radius 3 is 2.59 bits per heavy atom. The number of quaternary nitrogens is 1. The molecule has 0 unspecified atom stereocenters. The number of nitrogens with zero attached hydrogens (tertiary/aromatic N) is 2. The Hall–Kier alpha value is -1.44. The van der Waals surface area contributed by atoms with Crippen LogP contribution in [0.25, 0.3) is 0 Å². The largest absolute Gasteiger partial charge is 0.335 e. The Morgan fingerprint density at radius 1 is 1.07 bits per heavy atom. The minimum atomic E-state index is -3.44. The van der Waals surface area contributed by atoms with E-state index in [-0.39, 0.29) is 5.91 Å². The smallest absolute Gasteiger partial charge is 0.278 e. The van der Waals surface area contributed by atoms with Crippen molar-refractivity contribution in [3.05, 3.63) is 29.3 Å². The highest BCUT2D eigenvalue weighted by atomic mass is 32.2. The molecule has 29 heavy (non-hydrogen) atoms. The van der Waals surface area contributed by atoms with Gasteiger partial charge in [0, 0.05) is 12.6 Å². The van der Waals surface area contributed by atoms with Gasteiger partial charge in [-0.05, 0) is 68.2 Å². The van der Waals surface area contributed by atoms with Gasteiger partial charge < -0.3 is 9.80 Å². The second-order valence-electron chi connectivity index (χ2n) is 8.76. The third-order valence-corrected chi connectivity index (χ3v) is 8.85. The number of rotatable bonds is 5. The highest BCUT2D eigenvalue weighted by Crippen LogP contribution is 2.26. The Labute approximate surface area is 174 Å². The highest BCUT2D eigenvalue weighted by molar-refractivity contribution is 7.89. The van der Waals surface area contributed by atoms with Gasteiger partial charge in [0.15, 0.2) is 6.54 Å². The summed E-state index contributed by atoms with van der Waals surface area (Å²) >= 11 is 0. The summed E-state index contributed by atoms with van der Waals surface area (Å²) in [6.07, 6.45) is 7.61. The van der Waals surface area contributed by atoms with Gasteiger partial charge in [-0.1, -0.05) is 13.0 Å². The lowest BCUT2D eigenvalue weighted by molar-refractivity contribution is -0.896. The first-order valence-corrected chi connectivity index (χ1v) is 12.7. The van der Waals surface area contributed by atoms with Crippen LogP contribution in [0.3, 0.4) is 0 Å². The van der Waals surface area contributed by atoms with Crippen LogP contribution in [0, 0.1) is 0 Å². The molecule has 2 aliphatic heterocycles. The monoisotopic (exact) mass is 420 g/mol. The molecule has 3 aliphatic rings. The highest BCUT2D eigenvalue weighted by Gasteiger charge is 2.33. The summed E-state index contributed by atoms with van der Waals surface area (Å²) in [6.45, 7) is 5.89. The van der Waals surface area contributed by atoms with Crippen LogP contribution in [0.15, 0.2) is 23.1 Å². The van der Waals surface area contributed by atoms with Crippen molar-refractivity contribution < 1.29 is 18.1 Å². The lowest BCUT2D eigenvalue weighted by Gasteiger charge is -2.37. The number of piperidine rings is 1. The third kappa shape index (κ3) is 4.37. The van der Waals surface area contributed by atoms with Gasteiger partial charge >= 0.3 is 0 Å². The van der Waals surface area contributed by atoms with E-state index in [4.69, 9.17) is 0 Å². The number of likely N-dealkylation sites (tertiary alicyclic amines) is 1. The molecular weight excluding hydrogens is 386 g/mol. The zero-order valence-corrected chi connectivity index (χ0v) is 18.3. The van der Waals surface area contributed by atoms with Gasteiger partial charge in [0.2, 0.25) is 10.0 Å². The van der Waals surface area contributed by atoms with Crippen molar-refractivity contribution in [2.45, 2.75) is 62.8 Å². The predicted octanol–water partition coefficient (Wildman–Crippen LogP) is 0.856. The van der Waals surface area contributed by atoms with Crippen LogP contribution in [0.2, 0.25) is 0 Å². The molecule has 2 fully saturated rings. The summed E-state index contributed by atoms with van der Waals surface area (Å²) in [5.41, 5.74) is 2.48. The Balaban J connectivity index is 1.34. The lowest BCUT2D eigenvalue weighted by Crippen LogP contribution is -3.15. The van der Waals surface area contributed by atoms with Gasteiger partial charge in [0.25, 0.3) is 5.91 Å². The molecule has 1 aliphatic carbocycles. The van der Waals surface area contributed by atoms with Crippen molar-refractivity contribution in [1.29, 1.82) is 0 Å². The van der Waals surface area contributed by atoms with Crippen LogP contribution in [-0.2, 0) is 27.7 Å². The number of benzene rings is 1. The van der Waals surface area contributed by atoms with Crippen LogP contribution in [0.1, 0.15) is 50.2 Å². The van der Waals surface area contributed by atoms with Crippen molar-refractivity contribution in [2.75, 3.05) is 39.3 Å². The third-order valence-electron chi connectivity index (χ3n) is 6.96. The van der Waals surface area contributed by atoms with Crippen LogP contribution in [-0.4, -0.2) is 68.8 Å². The Bertz CT molecular complexity index is 847. The first-order valence-electron chi connectivity index (χ1n) is 11.2. The molecule has 160 valence electrons. The Kier molecular flexibility index (Phi) is 6.27. The van der Waals surface area contributed by atoms with Crippen molar-refractivity contribution in [3.8, 4) is 0 Å². The molecule has 0 spiro atoms. The summed E-state index contributed by atoms with van der Waals surface area (Å²) in [4.78, 5) is 16.5. The summed E-state index contributed by atoms with van der Waals surface area (Å²) in [6, 6.07) is 6.01. The molecule has 6 nitrogen and oxygen atoms in total. The van der Waals surface area contributed by atoms with Crippen LogP contribution < -0.4 is 4.90 Å². The molecular formula is C22H34N3O3S+. The maximum absolute atomic E-state index is 13.1. The van der Waals surface area contributed by atoms with Gasteiger partial charge in [-0.3, -0.25) is 4.79 Å². The SMILES string of the molecule is CC[C@H]1CCCCN1C(=O)C[NH+]1CCN(S(=O)(=O)c2ccc3c(c2)CCC3)CC1. The molecule has 1 aromatic carbocycles. The number of carbonyl (C=O) groups is 1. The van der Waals surface area contributed by atoms with Crippen molar-refractivity contribution in [1.82, 2.24) is 9.21 Å². The van der Waals surface area contributed by atoms with E-state index < -0.39 is 10.0 Å². The van der Waals surface area contributed by atoms with E-state index in [9.17, 15) is 13.2 Å². The van der Waals surface area contributed by atoms with Crippen molar-refractivity contribution in [2.24, 2.45) is 0 Å². The number of carbonyl (C=O) groups excluding carboxylic acids is 1. The first kappa shape index (κ1) is 20.8. The number of aryl methyl sites for hydroxylation is 2. The van der Waals surface area contributed by atoms with Gasteiger partial charge in [-0.2, -0.15) is 4.31 Å². The minimum absolute atomic E-state index is 0.237. The number of piperazine rings is 1. The maximum Gasteiger partial charge on any atom is 0.278 e. The molecule has 0 saturated carbocycles. The standard InChI is InChI=1S/C22H33N3O3S/c1-2-20-8-3-4-11-25(20)22(26)17-23-12-14-24(15-13-23)29(27,28)21-10-9-18-6-5-7-19(18)16-21/h9-10,16,20H,2-8,11-15,17H2,1H3/p+1/t20-/m0/s1. The summed E-state index contributed by atoms with van der Waals surface area (Å²) < 4.78 is 27.8. The molecule has 1 atom stereocenters. The number of nitrogens with one attached hydrogen (secondary N) is 1. The molecule has 0 bridgehead atoms. The number of hydrogen-bond acceptors (Lipinski definition) is 3. The molecule has 1 amide bonds. The summed E-state index contributed by atoms with van der Waals surface area (Å²) in [5.74, 6) is 0.237. The summed E-state index contributed by atoms with van der Waals surface area (Å²) in [7, 11) is -3.44. The van der Waals surface area contributed by atoms with Crippen molar-refractivity contribution in [3.63, 3.8) is 0 Å². The molecule has 2 heterocycles. The maximum atomic E-state index is 13.1. The van der Waals surface area contributed by atoms with E-state index in [0.29, 0.717) is 43.7 Å². The number of hydrogen-bond donors (Lipinski definition) is 1. The van der Waals surface area contributed by atoms with E-state index in [0.717, 1.165) is 45.1 Å². The van der Waals surface area contributed by atoms with E-state index in [1.54, 1.807) is 10.4 Å². The van der Waals surface area contributed by atoms with Crippen molar-refractivity contribution >= 4 is 15.9 Å². The quantitative estimate of drug-likeness (QED) is 0.769. The zero-order chi connectivity index (χ0) is 20.4. The zero-order valence-electron chi connectivity index (χ0n) is 17.5. The van der Waals surface area contributed by atoms with E-state index in [1.165, 1.54) is 22.4 Å². The molecule has 1 aromatic rings. The van der Waals surface area contributed by atoms with E-state index in [2.05, 4.69) is 11.8 Å². The van der Waals surface area contributed by atoms with Gasteiger partial charge in [0.05, 0.1) is 31.1 Å². The molecule has 2 saturated heterocycles. The average molecular weight is 421 g/mol. The predicted molar refractivity (Wildman–Crippen MR) is 112 cm³/mol. The fraction of sp³-hybridized carbons (Fsp3) is 0.682. The van der Waals surface area contributed by atoms with Crippen LogP contribution in [0.5, 0.6) is 0 Å². The average Bonchev–Trinajstić information content (AvgIpc) is 3.22. The molecule has 4 rings (SSSR count). The second kappa shape index (κ2) is 8.74. The van der Waals surface area contributed by atoms with E-state index >= 15 is 0 Å². The second-order valence-corrected chi connectivity index (χ2v) is 10.7. The minimum Gasteiger partial charge on any atom is -0.335 e. The molecule has 0 radical (unpaired) electrons. The fourth-order valence-corrected chi connectivity index (χ4v) is 6.64. The molecule has 0 aromatic heterocycles. The fourth-order valence-electron chi connectivity index (χ4n) is 5.15. The molecule has 7 heteroatoms. The van der Waals surface area contributed by atoms with Gasteiger partial charge in [-0.25, -0.2) is 8.42 Å². The Morgan fingerprint density at radius 2 is 1.83 bits per heavy atom. The number of fused-ring (bicyclic) bond motifs is 1. The van der Waals surface area contributed by atoms with Crippen LogP contribution >= 0.6 is 0 Å².